The molecule has 0 atom stereocenters. The Morgan fingerprint density at radius 2 is 1.77 bits per heavy atom. The fourth-order valence-corrected chi connectivity index (χ4v) is 0.860. The summed E-state index contributed by atoms with van der Waals surface area (Å²) in [5, 5.41) is 0. The fraction of sp³-hybridized carbons (Fsp3) is 1.00. The molecular weight excluding hydrogens is 166 g/mol. The molecule has 0 amide bonds. The summed E-state index contributed by atoms with van der Waals surface area (Å²) in [6, 6.07) is 0. The van der Waals surface area contributed by atoms with Gasteiger partial charge in [0, 0.05) is 32.8 Å². The fourth-order valence-electron chi connectivity index (χ4n) is 0.860. The van der Waals surface area contributed by atoms with E-state index in [0.29, 0.717) is 6.54 Å². The smallest absolute Gasteiger partial charge is 0.0478 e. The van der Waals surface area contributed by atoms with Crippen molar-refractivity contribution in [2.24, 2.45) is 5.73 Å². The zero-order chi connectivity index (χ0) is 9.78. The van der Waals surface area contributed by atoms with Crippen molar-refractivity contribution < 1.29 is 4.74 Å². The van der Waals surface area contributed by atoms with Gasteiger partial charge in [-0.25, -0.2) is 0 Å². The minimum Gasteiger partial charge on any atom is -0.381 e. The van der Waals surface area contributed by atoms with Crippen molar-refractivity contribution in [1.82, 2.24) is 10.9 Å². The molecule has 0 aliphatic rings. The number of hydrogen-bond acceptors (Lipinski definition) is 4. The van der Waals surface area contributed by atoms with E-state index in [1.807, 2.05) is 0 Å². The molecular formula is C9H23N3O. The lowest BCUT2D eigenvalue weighted by Gasteiger charge is -2.05. The molecule has 0 heterocycles. The molecule has 0 rings (SSSR count). The Labute approximate surface area is 81.2 Å². The molecule has 4 nitrogen and oxygen atoms in total. The number of nitrogens with one attached hydrogen (secondary N) is 2. The lowest BCUT2D eigenvalue weighted by Crippen LogP contribution is -2.36. The largest absolute Gasteiger partial charge is 0.381 e. The van der Waals surface area contributed by atoms with E-state index in [1.165, 1.54) is 12.8 Å². The molecule has 0 aliphatic heterocycles. The Bertz CT molecular complexity index is 80.9. The zero-order valence-electron chi connectivity index (χ0n) is 8.64. The van der Waals surface area contributed by atoms with Crippen LogP contribution in [-0.2, 0) is 4.74 Å². The molecule has 0 aliphatic carbocycles. The van der Waals surface area contributed by atoms with Gasteiger partial charge in [0.25, 0.3) is 0 Å². The van der Waals surface area contributed by atoms with Crippen molar-refractivity contribution in [3.05, 3.63) is 0 Å². The average molecular weight is 189 g/mol. The minimum atomic E-state index is 0.667. The van der Waals surface area contributed by atoms with Crippen molar-refractivity contribution in [1.29, 1.82) is 0 Å². The van der Waals surface area contributed by atoms with Crippen LogP contribution in [0, 0.1) is 0 Å². The third kappa shape index (κ3) is 11.8. The number of hydrogen-bond donors (Lipinski definition) is 3. The third-order valence-corrected chi connectivity index (χ3v) is 1.63. The maximum absolute atomic E-state index is 5.39. The van der Waals surface area contributed by atoms with Crippen molar-refractivity contribution in [3.63, 3.8) is 0 Å². The predicted molar refractivity (Wildman–Crippen MR) is 55.4 cm³/mol. The van der Waals surface area contributed by atoms with Gasteiger partial charge in [-0.05, 0) is 12.8 Å². The number of ether oxygens (including phenoxy) is 1. The number of unbranched alkanes of at least 4 members (excludes halogenated alkanes) is 1. The van der Waals surface area contributed by atoms with E-state index in [1.54, 1.807) is 0 Å². The Morgan fingerprint density at radius 3 is 2.46 bits per heavy atom. The molecule has 0 fully saturated rings. The van der Waals surface area contributed by atoms with Crippen LogP contribution < -0.4 is 16.6 Å². The maximum atomic E-state index is 5.39. The normalized spacial score (nSPS) is 10.6. The summed E-state index contributed by atoms with van der Waals surface area (Å²) in [7, 11) is 0. The highest BCUT2D eigenvalue weighted by molar-refractivity contribution is 4.43. The maximum Gasteiger partial charge on any atom is 0.0478 e. The Balaban J connectivity index is 2.76. The Morgan fingerprint density at radius 1 is 1.08 bits per heavy atom. The lowest BCUT2D eigenvalue weighted by atomic mass is 10.4. The van der Waals surface area contributed by atoms with E-state index in [4.69, 9.17) is 10.5 Å². The summed E-state index contributed by atoms with van der Waals surface area (Å²) in [6.45, 7) is 6.33. The third-order valence-electron chi connectivity index (χ3n) is 1.63. The highest BCUT2D eigenvalue weighted by Crippen LogP contribution is 1.88. The van der Waals surface area contributed by atoms with E-state index < -0.39 is 0 Å². The quantitative estimate of drug-likeness (QED) is 0.340. The van der Waals surface area contributed by atoms with Crippen LogP contribution >= 0.6 is 0 Å². The number of nitrogens with two attached hydrogens (primary N) is 1. The van der Waals surface area contributed by atoms with E-state index >= 15 is 0 Å². The van der Waals surface area contributed by atoms with Gasteiger partial charge in [0.1, 0.15) is 0 Å². The van der Waals surface area contributed by atoms with Crippen molar-refractivity contribution >= 4 is 0 Å². The Kier molecular flexibility index (Phi) is 11.7. The SMILES string of the molecule is CCCCOCCCNNCCN. The van der Waals surface area contributed by atoms with Gasteiger partial charge >= 0.3 is 0 Å². The number of rotatable bonds is 10. The molecule has 13 heavy (non-hydrogen) atoms. The van der Waals surface area contributed by atoms with E-state index in [-0.39, 0.29) is 0 Å². The summed E-state index contributed by atoms with van der Waals surface area (Å²) in [5.74, 6) is 0. The molecule has 0 aromatic rings. The topological polar surface area (TPSA) is 59.3 Å². The van der Waals surface area contributed by atoms with Crippen LogP contribution in [0.15, 0.2) is 0 Å². The van der Waals surface area contributed by atoms with Crippen LogP contribution in [0.1, 0.15) is 26.2 Å². The van der Waals surface area contributed by atoms with Crippen LogP contribution in [0.3, 0.4) is 0 Å². The molecule has 4 heteroatoms. The minimum absolute atomic E-state index is 0.667. The highest BCUT2D eigenvalue weighted by atomic mass is 16.5. The van der Waals surface area contributed by atoms with Crippen LogP contribution in [0.25, 0.3) is 0 Å². The van der Waals surface area contributed by atoms with Gasteiger partial charge in [-0.3, -0.25) is 10.9 Å². The van der Waals surface area contributed by atoms with Crippen LogP contribution in [-0.4, -0.2) is 32.8 Å². The Hall–Kier alpha value is -0.160. The second kappa shape index (κ2) is 11.8. The van der Waals surface area contributed by atoms with Crippen LogP contribution in [0.4, 0.5) is 0 Å². The van der Waals surface area contributed by atoms with Crippen molar-refractivity contribution in [2.45, 2.75) is 26.2 Å². The van der Waals surface area contributed by atoms with E-state index in [2.05, 4.69) is 17.8 Å². The van der Waals surface area contributed by atoms with Gasteiger partial charge in [0.2, 0.25) is 0 Å². The molecule has 80 valence electrons. The standard InChI is InChI=1S/C9H23N3O/c1-2-3-8-13-9-4-6-11-12-7-5-10/h11-12H,2-10H2,1H3. The summed E-state index contributed by atoms with van der Waals surface area (Å²) < 4.78 is 5.39. The second-order valence-corrected chi connectivity index (χ2v) is 2.96. The lowest BCUT2D eigenvalue weighted by molar-refractivity contribution is 0.128. The first kappa shape index (κ1) is 12.8. The van der Waals surface area contributed by atoms with Crippen LogP contribution in [0.5, 0.6) is 0 Å². The predicted octanol–water partition coefficient (Wildman–Crippen LogP) is 0.246. The average Bonchev–Trinajstić information content (AvgIpc) is 2.16. The monoisotopic (exact) mass is 189 g/mol. The van der Waals surface area contributed by atoms with Gasteiger partial charge in [-0.1, -0.05) is 13.3 Å². The first-order valence-electron chi connectivity index (χ1n) is 5.15. The van der Waals surface area contributed by atoms with Gasteiger partial charge in [0.15, 0.2) is 0 Å². The van der Waals surface area contributed by atoms with Gasteiger partial charge in [-0.15, -0.1) is 0 Å². The van der Waals surface area contributed by atoms with Gasteiger partial charge in [-0.2, -0.15) is 0 Å². The molecule has 4 N–H and O–H groups in total. The van der Waals surface area contributed by atoms with E-state index in [9.17, 15) is 0 Å². The summed E-state index contributed by atoms with van der Waals surface area (Å²) in [6.07, 6.45) is 3.41. The second-order valence-electron chi connectivity index (χ2n) is 2.96. The molecule has 0 aromatic carbocycles. The highest BCUT2D eigenvalue weighted by Gasteiger charge is 1.88. The molecule has 0 spiro atoms. The molecule has 0 saturated carbocycles. The summed E-state index contributed by atoms with van der Waals surface area (Å²) in [5.41, 5.74) is 11.4. The molecule has 0 unspecified atom stereocenters. The summed E-state index contributed by atoms with van der Waals surface area (Å²) in [4.78, 5) is 0. The molecule has 0 saturated heterocycles. The van der Waals surface area contributed by atoms with Crippen molar-refractivity contribution in [3.8, 4) is 0 Å². The van der Waals surface area contributed by atoms with E-state index in [0.717, 1.165) is 32.7 Å². The van der Waals surface area contributed by atoms with Gasteiger partial charge in [0.05, 0.1) is 0 Å². The summed E-state index contributed by atoms with van der Waals surface area (Å²) >= 11 is 0. The molecule has 0 aromatic heterocycles. The van der Waals surface area contributed by atoms with Crippen molar-refractivity contribution in [2.75, 3.05) is 32.8 Å². The molecule has 0 bridgehead atoms. The molecule has 0 radical (unpaired) electrons. The first-order valence-corrected chi connectivity index (χ1v) is 5.15. The van der Waals surface area contributed by atoms with Gasteiger partial charge < -0.3 is 10.5 Å². The van der Waals surface area contributed by atoms with Crippen LogP contribution in [0.2, 0.25) is 0 Å². The zero-order valence-corrected chi connectivity index (χ0v) is 8.64. The first-order chi connectivity index (χ1) is 6.41. The number of hydrazine groups is 1.